The SMILES string of the molecule is C/C(Br)=C\[C@@H](CC(N)=O)O[Si](C(C)C)(C(C)C)C(C)C. The van der Waals surface area contributed by atoms with E-state index in [-0.39, 0.29) is 18.4 Å². The molecule has 0 saturated heterocycles. The number of hydrogen-bond acceptors (Lipinski definition) is 2. The van der Waals surface area contributed by atoms with E-state index >= 15 is 0 Å². The molecule has 0 aromatic rings. The van der Waals surface area contributed by atoms with E-state index in [2.05, 4.69) is 57.5 Å². The Morgan fingerprint density at radius 2 is 1.55 bits per heavy atom. The molecule has 118 valence electrons. The van der Waals surface area contributed by atoms with E-state index in [4.69, 9.17) is 10.2 Å². The quantitative estimate of drug-likeness (QED) is 0.634. The average molecular weight is 364 g/mol. The zero-order chi connectivity index (χ0) is 16.1. The van der Waals surface area contributed by atoms with Crippen LogP contribution in [0.1, 0.15) is 54.9 Å². The molecule has 0 unspecified atom stereocenters. The molecule has 0 spiro atoms. The first-order chi connectivity index (χ1) is 9.03. The molecule has 5 heteroatoms. The largest absolute Gasteiger partial charge is 0.409 e. The van der Waals surface area contributed by atoms with Crippen molar-refractivity contribution in [3.05, 3.63) is 10.6 Å². The van der Waals surface area contributed by atoms with Gasteiger partial charge in [0.2, 0.25) is 14.2 Å². The summed E-state index contributed by atoms with van der Waals surface area (Å²) in [7, 11) is -2.00. The second-order valence-corrected chi connectivity index (χ2v) is 13.1. The second-order valence-electron chi connectivity index (χ2n) is 6.40. The number of carbonyl (C=O) groups excluding carboxylic acids is 1. The average Bonchev–Trinajstić information content (AvgIpc) is 2.21. The van der Waals surface area contributed by atoms with Crippen LogP contribution in [0, 0.1) is 0 Å². The summed E-state index contributed by atoms with van der Waals surface area (Å²) in [6, 6.07) is 0. The van der Waals surface area contributed by atoms with Gasteiger partial charge in [0.05, 0.1) is 12.5 Å². The molecule has 0 saturated carbocycles. The lowest BCUT2D eigenvalue weighted by atomic mass is 10.2. The van der Waals surface area contributed by atoms with E-state index in [0.717, 1.165) is 4.48 Å². The highest BCUT2D eigenvalue weighted by Gasteiger charge is 2.46. The molecular formula is C15H30BrNO2Si. The van der Waals surface area contributed by atoms with Crippen LogP contribution in [-0.2, 0) is 9.22 Å². The van der Waals surface area contributed by atoms with Crippen molar-refractivity contribution >= 4 is 30.2 Å². The number of halogens is 1. The first kappa shape index (κ1) is 19.9. The monoisotopic (exact) mass is 363 g/mol. The van der Waals surface area contributed by atoms with Crippen LogP contribution in [0.2, 0.25) is 16.6 Å². The summed E-state index contributed by atoms with van der Waals surface area (Å²) in [5, 5.41) is 0. The molecule has 0 heterocycles. The highest BCUT2D eigenvalue weighted by atomic mass is 79.9. The number of allylic oxidation sites excluding steroid dienone is 1. The lowest BCUT2D eigenvalue weighted by molar-refractivity contribution is -0.119. The maximum atomic E-state index is 11.3. The van der Waals surface area contributed by atoms with Crippen molar-refractivity contribution in [2.24, 2.45) is 5.73 Å². The normalized spacial score (nSPS) is 15.2. The Labute approximate surface area is 133 Å². The molecule has 0 fully saturated rings. The lowest BCUT2D eigenvalue weighted by Gasteiger charge is -2.44. The van der Waals surface area contributed by atoms with Crippen LogP contribution in [0.5, 0.6) is 0 Å². The molecule has 2 N–H and O–H groups in total. The Kier molecular flexibility index (Phi) is 8.29. The van der Waals surface area contributed by atoms with E-state index in [1.165, 1.54) is 0 Å². The molecule has 20 heavy (non-hydrogen) atoms. The summed E-state index contributed by atoms with van der Waals surface area (Å²) in [5.41, 5.74) is 6.83. The van der Waals surface area contributed by atoms with E-state index in [0.29, 0.717) is 16.6 Å². The van der Waals surface area contributed by atoms with Crippen molar-refractivity contribution in [2.45, 2.75) is 77.6 Å². The van der Waals surface area contributed by atoms with Gasteiger partial charge in [-0.2, -0.15) is 0 Å². The molecule has 0 aliphatic rings. The minimum Gasteiger partial charge on any atom is -0.409 e. The maximum absolute atomic E-state index is 11.3. The lowest BCUT2D eigenvalue weighted by Crippen LogP contribution is -2.50. The Morgan fingerprint density at radius 3 is 1.80 bits per heavy atom. The first-order valence-corrected chi connectivity index (χ1v) is 10.3. The van der Waals surface area contributed by atoms with Crippen LogP contribution in [0.3, 0.4) is 0 Å². The van der Waals surface area contributed by atoms with Crippen molar-refractivity contribution in [1.29, 1.82) is 0 Å². The predicted octanol–water partition coefficient (Wildman–Crippen LogP) is 4.72. The predicted molar refractivity (Wildman–Crippen MR) is 92.4 cm³/mol. The maximum Gasteiger partial charge on any atom is 0.220 e. The van der Waals surface area contributed by atoms with E-state index in [1.54, 1.807) is 0 Å². The summed E-state index contributed by atoms with van der Waals surface area (Å²) >= 11 is 3.43. The van der Waals surface area contributed by atoms with Gasteiger partial charge < -0.3 is 10.2 Å². The molecule has 3 nitrogen and oxygen atoms in total. The van der Waals surface area contributed by atoms with Crippen LogP contribution in [0.15, 0.2) is 10.6 Å². The molecule has 0 bridgehead atoms. The van der Waals surface area contributed by atoms with Gasteiger partial charge >= 0.3 is 0 Å². The Morgan fingerprint density at radius 1 is 1.15 bits per heavy atom. The third-order valence-electron chi connectivity index (χ3n) is 3.88. The molecule has 0 aliphatic carbocycles. The van der Waals surface area contributed by atoms with Gasteiger partial charge in [0, 0.05) is 0 Å². The molecule has 1 atom stereocenters. The third kappa shape index (κ3) is 5.33. The summed E-state index contributed by atoms with van der Waals surface area (Å²) < 4.78 is 7.55. The number of primary amides is 1. The molecule has 0 aliphatic heterocycles. The first-order valence-electron chi connectivity index (χ1n) is 7.34. The standard InChI is InChI=1S/C15H30BrNO2Si/c1-10(2)20(11(3)4,12(5)6)19-14(8-13(7)16)9-15(17)18/h8,10-12,14H,9H2,1-7H3,(H2,17,18)/b13-8+/t14-/m0/s1. The van der Waals surface area contributed by atoms with Gasteiger partial charge in [-0.3, -0.25) is 4.79 Å². The number of hydrogen-bond donors (Lipinski definition) is 1. The van der Waals surface area contributed by atoms with Gasteiger partial charge in [-0.15, -0.1) is 0 Å². The highest BCUT2D eigenvalue weighted by Crippen LogP contribution is 2.43. The Bertz CT molecular complexity index is 328. The van der Waals surface area contributed by atoms with Crippen molar-refractivity contribution in [3.63, 3.8) is 0 Å². The number of amides is 1. The van der Waals surface area contributed by atoms with Crippen molar-refractivity contribution in [3.8, 4) is 0 Å². The van der Waals surface area contributed by atoms with Crippen LogP contribution >= 0.6 is 15.9 Å². The van der Waals surface area contributed by atoms with Crippen LogP contribution in [0.4, 0.5) is 0 Å². The number of rotatable bonds is 8. The minimum atomic E-state index is -2.00. The number of nitrogens with two attached hydrogens (primary N) is 1. The van der Waals surface area contributed by atoms with E-state index in [1.807, 2.05) is 13.0 Å². The zero-order valence-corrected chi connectivity index (χ0v) is 16.5. The molecule has 1 amide bonds. The van der Waals surface area contributed by atoms with Crippen LogP contribution < -0.4 is 5.73 Å². The van der Waals surface area contributed by atoms with Crippen LogP contribution in [-0.4, -0.2) is 20.3 Å². The summed E-state index contributed by atoms with van der Waals surface area (Å²) in [6.45, 7) is 15.4. The van der Waals surface area contributed by atoms with Gasteiger partial charge in [-0.05, 0) is 34.1 Å². The van der Waals surface area contributed by atoms with Crippen molar-refractivity contribution in [1.82, 2.24) is 0 Å². The third-order valence-corrected chi connectivity index (χ3v) is 10.3. The molecule has 0 aromatic heterocycles. The van der Waals surface area contributed by atoms with E-state index in [9.17, 15) is 4.79 Å². The summed E-state index contributed by atoms with van der Waals surface area (Å²) in [5.74, 6) is -0.320. The zero-order valence-electron chi connectivity index (χ0n) is 13.9. The van der Waals surface area contributed by atoms with Gasteiger partial charge in [-0.1, -0.05) is 57.5 Å². The minimum absolute atomic E-state index is 0.231. The molecule has 0 radical (unpaired) electrons. The van der Waals surface area contributed by atoms with Gasteiger partial charge in [0.25, 0.3) is 0 Å². The van der Waals surface area contributed by atoms with Crippen molar-refractivity contribution in [2.75, 3.05) is 0 Å². The molecule has 0 rings (SSSR count). The molecule has 0 aromatic carbocycles. The smallest absolute Gasteiger partial charge is 0.220 e. The fourth-order valence-corrected chi connectivity index (χ4v) is 9.05. The highest BCUT2D eigenvalue weighted by molar-refractivity contribution is 9.11. The fraction of sp³-hybridized carbons (Fsp3) is 0.800. The van der Waals surface area contributed by atoms with E-state index < -0.39 is 8.32 Å². The summed E-state index contributed by atoms with van der Waals surface area (Å²) in [4.78, 5) is 11.3. The second kappa shape index (κ2) is 8.34. The fourth-order valence-electron chi connectivity index (χ4n) is 3.26. The van der Waals surface area contributed by atoms with Gasteiger partial charge in [-0.25, -0.2) is 0 Å². The van der Waals surface area contributed by atoms with Crippen molar-refractivity contribution < 1.29 is 9.22 Å². The van der Waals surface area contributed by atoms with Gasteiger partial charge in [0.1, 0.15) is 0 Å². The number of carbonyl (C=O) groups is 1. The van der Waals surface area contributed by atoms with Crippen LogP contribution in [0.25, 0.3) is 0 Å². The molecular weight excluding hydrogens is 334 g/mol. The Balaban J connectivity index is 5.47. The topological polar surface area (TPSA) is 52.3 Å². The van der Waals surface area contributed by atoms with Gasteiger partial charge in [0.15, 0.2) is 0 Å². The Hall–Kier alpha value is -0.133. The summed E-state index contributed by atoms with van der Waals surface area (Å²) in [6.07, 6.45) is 1.97.